The van der Waals surface area contributed by atoms with Gasteiger partial charge >= 0.3 is 6.03 Å². The molecule has 0 spiro atoms. The molecule has 1 aromatic carbocycles. The number of nitrogens with one attached hydrogen (secondary N) is 2. The quantitative estimate of drug-likeness (QED) is 0.885. The first-order valence-electron chi connectivity index (χ1n) is 7.42. The molecule has 0 aliphatic carbocycles. The van der Waals surface area contributed by atoms with Gasteiger partial charge in [-0.1, -0.05) is 17.7 Å². The van der Waals surface area contributed by atoms with Crippen LogP contribution in [-0.2, 0) is 11.3 Å². The van der Waals surface area contributed by atoms with Crippen molar-refractivity contribution in [1.29, 1.82) is 0 Å². The molecule has 3 rings (SSSR count). The standard InChI is InChI=1S/C16H18ClN3O2S/c17-12-3-4-15(20-5-7-22-8-6-20)14(10-12)19-16(21)18-11-13-2-1-9-23-13/h1-4,9-10H,5-8,11H2,(H2,18,19,21). The molecule has 0 radical (unpaired) electrons. The molecule has 0 bridgehead atoms. The van der Waals surface area contributed by atoms with Crippen molar-refractivity contribution in [2.45, 2.75) is 6.54 Å². The second-order valence-corrected chi connectivity index (χ2v) is 6.62. The average Bonchev–Trinajstić information content (AvgIpc) is 3.07. The molecule has 2 aromatic rings. The number of benzene rings is 1. The summed E-state index contributed by atoms with van der Waals surface area (Å²) in [6.45, 7) is 3.48. The predicted molar refractivity (Wildman–Crippen MR) is 94.7 cm³/mol. The molecule has 1 aliphatic heterocycles. The molecular weight excluding hydrogens is 334 g/mol. The molecule has 1 aromatic heterocycles. The number of carbonyl (C=O) groups excluding carboxylic acids is 1. The minimum atomic E-state index is -0.241. The van der Waals surface area contributed by atoms with Gasteiger partial charge in [0.2, 0.25) is 0 Å². The first-order valence-corrected chi connectivity index (χ1v) is 8.67. The van der Waals surface area contributed by atoms with E-state index in [2.05, 4.69) is 15.5 Å². The number of rotatable bonds is 4. The third-order valence-corrected chi connectivity index (χ3v) is 4.67. The van der Waals surface area contributed by atoms with E-state index in [1.165, 1.54) is 0 Å². The predicted octanol–water partition coefficient (Wildman–Crippen LogP) is 3.56. The monoisotopic (exact) mass is 351 g/mol. The molecule has 5 nitrogen and oxygen atoms in total. The molecule has 2 heterocycles. The highest BCUT2D eigenvalue weighted by molar-refractivity contribution is 7.09. The van der Waals surface area contributed by atoms with Gasteiger partial charge in [0, 0.05) is 23.0 Å². The van der Waals surface area contributed by atoms with Crippen molar-refractivity contribution in [2.75, 3.05) is 36.5 Å². The number of hydrogen-bond donors (Lipinski definition) is 2. The Hall–Kier alpha value is -1.76. The van der Waals surface area contributed by atoms with E-state index >= 15 is 0 Å². The van der Waals surface area contributed by atoms with Crippen molar-refractivity contribution in [2.24, 2.45) is 0 Å². The summed E-state index contributed by atoms with van der Waals surface area (Å²) >= 11 is 7.70. The van der Waals surface area contributed by atoms with Crippen LogP contribution in [-0.4, -0.2) is 32.3 Å². The van der Waals surface area contributed by atoms with Crippen LogP contribution in [0.4, 0.5) is 16.2 Å². The number of carbonyl (C=O) groups is 1. The Kier molecular flexibility index (Phi) is 5.38. The number of morpholine rings is 1. The van der Waals surface area contributed by atoms with E-state index in [0.29, 0.717) is 30.5 Å². The van der Waals surface area contributed by atoms with Gasteiger partial charge in [0.1, 0.15) is 0 Å². The lowest BCUT2D eigenvalue weighted by atomic mass is 10.2. The Morgan fingerprint density at radius 3 is 2.87 bits per heavy atom. The van der Waals surface area contributed by atoms with E-state index in [9.17, 15) is 4.79 Å². The molecule has 0 atom stereocenters. The lowest BCUT2D eigenvalue weighted by Crippen LogP contribution is -2.37. The number of ether oxygens (including phenoxy) is 1. The Labute approximate surface area is 144 Å². The Bertz CT molecular complexity index is 657. The Balaban J connectivity index is 1.67. The lowest BCUT2D eigenvalue weighted by molar-refractivity contribution is 0.123. The lowest BCUT2D eigenvalue weighted by Gasteiger charge is -2.30. The van der Waals surface area contributed by atoms with Gasteiger partial charge in [-0.2, -0.15) is 0 Å². The van der Waals surface area contributed by atoms with E-state index in [1.807, 2.05) is 29.6 Å². The van der Waals surface area contributed by atoms with Gasteiger partial charge in [-0.05, 0) is 29.6 Å². The second kappa shape index (κ2) is 7.68. The summed E-state index contributed by atoms with van der Waals surface area (Å²) in [4.78, 5) is 15.5. The van der Waals surface area contributed by atoms with Gasteiger partial charge in [-0.25, -0.2) is 4.79 Å². The first-order chi connectivity index (χ1) is 11.2. The number of hydrogen-bond acceptors (Lipinski definition) is 4. The highest BCUT2D eigenvalue weighted by Gasteiger charge is 2.16. The van der Waals surface area contributed by atoms with Crippen molar-refractivity contribution in [3.63, 3.8) is 0 Å². The zero-order valence-electron chi connectivity index (χ0n) is 12.5. The molecule has 1 aliphatic rings. The van der Waals surface area contributed by atoms with Crippen molar-refractivity contribution in [1.82, 2.24) is 5.32 Å². The van der Waals surface area contributed by atoms with Gasteiger partial charge < -0.3 is 20.3 Å². The third kappa shape index (κ3) is 4.37. The van der Waals surface area contributed by atoms with Crippen LogP contribution in [0, 0.1) is 0 Å². The molecule has 2 amide bonds. The number of nitrogens with zero attached hydrogens (tertiary/aromatic N) is 1. The fraction of sp³-hybridized carbons (Fsp3) is 0.312. The smallest absolute Gasteiger partial charge is 0.319 e. The third-order valence-electron chi connectivity index (χ3n) is 3.56. The van der Waals surface area contributed by atoms with Crippen LogP contribution in [0.2, 0.25) is 5.02 Å². The molecule has 1 fully saturated rings. The molecule has 23 heavy (non-hydrogen) atoms. The number of anilines is 2. The normalized spacial score (nSPS) is 14.6. The van der Waals surface area contributed by atoms with E-state index in [-0.39, 0.29) is 6.03 Å². The van der Waals surface area contributed by atoms with Crippen LogP contribution in [0.3, 0.4) is 0 Å². The van der Waals surface area contributed by atoms with Gasteiger partial charge in [0.05, 0.1) is 31.1 Å². The van der Waals surface area contributed by atoms with Crippen LogP contribution < -0.4 is 15.5 Å². The van der Waals surface area contributed by atoms with E-state index in [4.69, 9.17) is 16.3 Å². The fourth-order valence-corrected chi connectivity index (χ4v) is 3.25. The zero-order chi connectivity index (χ0) is 16.1. The zero-order valence-corrected chi connectivity index (χ0v) is 14.1. The molecule has 0 saturated carbocycles. The van der Waals surface area contributed by atoms with Crippen molar-refractivity contribution in [3.05, 3.63) is 45.6 Å². The maximum Gasteiger partial charge on any atom is 0.319 e. The summed E-state index contributed by atoms with van der Waals surface area (Å²) in [6.07, 6.45) is 0. The molecule has 1 saturated heterocycles. The first kappa shape index (κ1) is 16.1. The van der Waals surface area contributed by atoms with Gasteiger partial charge in [0.25, 0.3) is 0 Å². The van der Waals surface area contributed by atoms with Crippen LogP contribution >= 0.6 is 22.9 Å². The van der Waals surface area contributed by atoms with Crippen LogP contribution in [0.1, 0.15) is 4.88 Å². The average molecular weight is 352 g/mol. The number of amides is 2. The summed E-state index contributed by atoms with van der Waals surface area (Å²) in [7, 11) is 0. The summed E-state index contributed by atoms with van der Waals surface area (Å²) in [5.74, 6) is 0. The van der Waals surface area contributed by atoms with Crippen molar-refractivity contribution in [3.8, 4) is 0 Å². The van der Waals surface area contributed by atoms with Gasteiger partial charge in [-0.3, -0.25) is 0 Å². The van der Waals surface area contributed by atoms with Crippen molar-refractivity contribution >= 4 is 40.3 Å². The van der Waals surface area contributed by atoms with E-state index in [0.717, 1.165) is 23.7 Å². The summed E-state index contributed by atoms with van der Waals surface area (Å²) < 4.78 is 5.38. The van der Waals surface area contributed by atoms with E-state index in [1.54, 1.807) is 17.4 Å². The second-order valence-electron chi connectivity index (χ2n) is 5.15. The van der Waals surface area contributed by atoms with Crippen LogP contribution in [0.5, 0.6) is 0 Å². The minimum absolute atomic E-state index is 0.241. The molecule has 0 unspecified atom stereocenters. The van der Waals surface area contributed by atoms with Gasteiger partial charge in [-0.15, -0.1) is 11.3 Å². The number of urea groups is 1. The van der Waals surface area contributed by atoms with Crippen molar-refractivity contribution < 1.29 is 9.53 Å². The number of thiophene rings is 1. The maximum absolute atomic E-state index is 12.2. The Morgan fingerprint density at radius 1 is 1.30 bits per heavy atom. The van der Waals surface area contributed by atoms with Crippen LogP contribution in [0.25, 0.3) is 0 Å². The summed E-state index contributed by atoms with van der Waals surface area (Å²) in [5, 5.41) is 8.34. The SMILES string of the molecule is O=C(NCc1cccs1)Nc1cc(Cl)ccc1N1CCOCC1. The fourth-order valence-electron chi connectivity index (χ4n) is 2.44. The number of halogens is 1. The molecule has 122 valence electrons. The minimum Gasteiger partial charge on any atom is -0.378 e. The summed E-state index contributed by atoms with van der Waals surface area (Å²) in [6, 6.07) is 9.26. The molecular formula is C16H18ClN3O2S. The summed E-state index contributed by atoms with van der Waals surface area (Å²) in [5.41, 5.74) is 1.67. The largest absolute Gasteiger partial charge is 0.378 e. The van der Waals surface area contributed by atoms with Gasteiger partial charge in [0.15, 0.2) is 0 Å². The Morgan fingerprint density at radius 2 is 2.13 bits per heavy atom. The van der Waals surface area contributed by atoms with Crippen LogP contribution in [0.15, 0.2) is 35.7 Å². The highest BCUT2D eigenvalue weighted by atomic mass is 35.5. The van der Waals surface area contributed by atoms with E-state index < -0.39 is 0 Å². The highest BCUT2D eigenvalue weighted by Crippen LogP contribution is 2.29. The topological polar surface area (TPSA) is 53.6 Å². The molecule has 2 N–H and O–H groups in total. The maximum atomic E-state index is 12.2. The molecule has 7 heteroatoms.